The molecule has 0 bridgehead atoms. The molecule has 0 radical (unpaired) electrons. The van der Waals surface area contributed by atoms with Crippen molar-refractivity contribution in [2.24, 2.45) is 0 Å². The highest BCUT2D eigenvalue weighted by atomic mass is 32.2. The molecule has 0 saturated heterocycles. The van der Waals surface area contributed by atoms with Gasteiger partial charge < -0.3 is 14.0 Å². The summed E-state index contributed by atoms with van der Waals surface area (Å²) < 4.78 is 9.69. The number of hydrogen-bond acceptors (Lipinski definition) is 6. The lowest BCUT2D eigenvalue weighted by atomic mass is 10.3. The largest absolute Gasteiger partial charge is 0.481 e. The lowest BCUT2D eigenvalue weighted by molar-refractivity contribution is -0.133. The van der Waals surface area contributed by atoms with Gasteiger partial charge in [-0.25, -0.2) is 0 Å². The smallest absolute Gasteiger partial charge is 0.314 e. The van der Waals surface area contributed by atoms with Crippen molar-refractivity contribution in [1.29, 1.82) is 0 Å². The van der Waals surface area contributed by atoms with Crippen LogP contribution in [-0.4, -0.2) is 27.0 Å². The van der Waals surface area contributed by atoms with Gasteiger partial charge in [0.2, 0.25) is 5.82 Å². The van der Waals surface area contributed by atoms with Gasteiger partial charge in [0, 0.05) is 0 Å². The monoisotopic (exact) mass is 226 g/mol. The number of hydrogen-bond donors (Lipinski definition) is 1. The Bertz CT molecular complexity index is 451. The molecular formula is C8H6N2O4S. The van der Waals surface area contributed by atoms with Gasteiger partial charge in [-0.3, -0.25) is 4.79 Å². The van der Waals surface area contributed by atoms with Crippen LogP contribution in [0, 0.1) is 0 Å². The first-order chi connectivity index (χ1) is 7.25. The summed E-state index contributed by atoms with van der Waals surface area (Å²) in [6.07, 6.45) is 2.98. The molecule has 1 N–H and O–H groups in total. The first kappa shape index (κ1) is 9.78. The van der Waals surface area contributed by atoms with Crippen LogP contribution in [0.5, 0.6) is 0 Å². The van der Waals surface area contributed by atoms with Crippen LogP contribution in [0.2, 0.25) is 0 Å². The Hall–Kier alpha value is -1.76. The van der Waals surface area contributed by atoms with Crippen LogP contribution in [-0.2, 0) is 4.79 Å². The average molecular weight is 226 g/mol. The predicted molar refractivity (Wildman–Crippen MR) is 50.4 cm³/mol. The maximum atomic E-state index is 10.3. The lowest BCUT2D eigenvalue weighted by Gasteiger charge is -1.86. The summed E-state index contributed by atoms with van der Waals surface area (Å²) in [4.78, 5) is 14.3. The molecule has 0 saturated carbocycles. The maximum absolute atomic E-state index is 10.3. The minimum atomic E-state index is -0.928. The van der Waals surface area contributed by atoms with E-state index in [1.165, 1.54) is 12.5 Å². The highest BCUT2D eigenvalue weighted by molar-refractivity contribution is 7.99. The van der Waals surface area contributed by atoms with Crippen LogP contribution >= 0.6 is 11.8 Å². The Morgan fingerprint density at radius 1 is 1.60 bits per heavy atom. The number of aromatic nitrogens is 2. The third kappa shape index (κ3) is 2.38. The zero-order valence-corrected chi connectivity index (χ0v) is 8.23. The van der Waals surface area contributed by atoms with E-state index in [0.29, 0.717) is 11.4 Å². The van der Waals surface area contributed by atoms with Crippen LogP contribution in [0.4, 0.5) is 0 Å². The van der Waals surface area contributed by atoms with E-state index in [9.17, 15) is 4.79 Å². The van der Waals surface area contributed by atoms with Gasteiger partial charge in [0.25, 0.3) is 5.22 Å². The summed E-state index contributed by atoms with van der Waals surface area (Å²) >= 11 is 0.976. The Kier molecular flexibility index (Phi) is 2.72. The summed E-state index contributed by atoms with van der Waals surface area (Å²) in [6, 6.07) is 1.69. The minimum absolute atomic E-state index is 0.104. The van der Waals surface area contributed by atoms with Gasteiger partial charge >= 0.3 is 5.97 Å². The molecule has 0 amide bonds. The van der Waals surface area contributed by atoms with Crippen molar-refractivity contribution in [2.75, 3.05) is 5.75 Å². The molecule has 2 aromatic rings. The number of carbonyl (C=O) groups is 1. The van der Waals surface area contributed by atoms with Gasteiger partial charge in [-0.1, -0.05) is 16.9 Å². The van der Waals surface area contributed by atoms with Crippen molar-refractivity contribution in [2.45, 2.75) is 5.22 Å². The number of thioether (sulfide) groups is 1. The molecule has 6 nitrogen and oxygen atoms in total. The molecule has 0 aliphatic carbocycles. The maximum Gasteiger partial charge on any atom is 0.314 e. The number of nitrogens with zero attached hydrogens (tertiary/aromatic N) is 2. The predicted octanol–water partition coefficient (Wildman–Crippen LogP) is 1.51. The number of carboxylic acid groups (broad SMARTS) is 1. The van der Waals surface area contributed by atoms with Crippen molar-refractivity contribution in [3.8, 4) is 11.4 Å². The first-order valence-electron chi connectivity index (χ1n) is 3.96. The number of rotatable bonds is 4. The fraction of sp³-hybridized carbons (Fsp3) is 0.125. The van der Waals surface area contributed by atoms with E-state index in [-0.39, 0.29) is 11.0 Å². The Morgan fingerprint density at radius 3 is 3.13 bits per heavy atom. The fourth-order valence-electron chi connectivity index (χ4n) is 0.901. The van der Waals surface area contributed by atoms with Gasteiger partial charge in [0.1, 0.15) is 12.0 Å². The minimum Gasteiger partial charge on any atom is -0.481 e. The van der Waals surface area contributed by atoms with E-state index >= 15 is 0 Å². The van der Waals surface area contributed by atoms with Crippen molar-refractivity contribution in [1.82, 2.24) is 10.1 Å². The van der Waals surface area contributed by atoms with E-state index in [4.69, 9.17) is 14.0 Å². The van der Waals surface area contributed by atoms with Gasteiger partial charge in [-0.2, -0.15) is 4.98 Å². The topological polar surface area (TPSA) is 89.4 Å². The van der Waals surface area contributed by atoms with E-state index in [2.05, 4.69) is 10.1 Å². The molecule has 78 valence electrons. The molecule has 0 aromatic carbocycles. The Balaban J connectivity index is 2.08. The molecule has 15 heavy (non-hydrogen) atoms. The summed E-state index contributed by atoms with van der Waals surface area (Å²) in [5.41, 5.74) is 0.695. The molecule has 0 aliphatic heterocycles. The summed E-state index contributed by atoms with van der Waals surface area (Å²) in [5, 5.41) is 12.3. The lowest BCUT2D eigenvalue weighted by Crippen LogP contribution is -1.97. The average Bonchev–Trinajstić information content (AvgIpc) is 2.85. The van der Waals surface area contributed by atoms with Gasteiger partial charge in [0.15, 0.2) is 0 Å². The molecule has 0 fully saturated rings. The summed E-state index contributed by atoms with van der Waals surface area (Å²) in [5.74, 6) is -0.646. The van der Waals surface area contributed by atoms with Gasteiger partial charge in [-0.15, -0.1) is 0 Å². The highest BCUT2D eigenvalue weighted by Crippen LogP contribution is 2.21. The second-order valence-corrected chi connectivity index (χ2v) is 3.50. The number of aliphatic carboxylic acids is 1. The molecule has 2 aromatic heterocycles. The van der Waals surface area contributed by atoms with E-state index in [1.807, 2.05) is 0 Å². The summed E-state index contributed by atoms with van der Waals surface area (Å²) in [6.45, 7) is 0. The summed E-state index contributed by atoms with van der Waals surface area (Å²) in [7, 11) is 0. The molecule has 0 atom stereocenters. The van der Waals surface area contributed by atoms with Crippen molar-refractivity contribution < 1.29 is 18.8 Å². The van der Waals surface area contributed by atoms with Crippen LogP contribution < -0.4 is 0 Å². The molecule has 2 rings (SSSR count). The molecule has 0 aliphatic rings. The molecule has 0 spiro atoms. The fourth-order valence-corrected chi connectivity index (χ4v) is 1.39. The van der Waals surface area contributed by atoms with E-state index in [0.717, 1.165) is 11.8 Å². The van der Waals surface area contributed by atoms with Crippen LogP contribution in [0.15, 0.2) is 32.8 Å². The van der Waals surface area contributed by atoms with Crippen LogP contribution in [0.25, 0.3) is 11.4 Å². The van der Waals surface area contributed by atoms with Crippen LogP contribution in [0.3, 0.4) is 0 Å². The SMILES string of the molecule is O=C(O)CSc1nc(-c2ccoc2)no1. The number of carboxylic acids is 1. The molecular weight excluding hydrogens is 220 g/mol. The number of furan rings is 1. The van der Waals surface area contributed by atoms with E-state index in [1.54, 1.807) is 6.07 Å². The molecule has 0 unspecified atom stereocenters. The normalized spacial score (nSPS) is 10.4. The Labute approximate surface area is 88.3 Å². The van der Waals surface area contributed by atoms with Crippen molar-refractivity contribution in [3.05, 3.63) is 18.6 Å². The van der Waals surface area contributed by atoms with E-state index < -0.39 is 5.97 Å². The quantitative estimate of drug-likeness (QED) is 0.790. The molecule has 7 heteroatoms. The first-order valence-corrected chi connectivity index (χ1v) is 4.95. The van der Waals surface area contributed by atoms with Gasteiger partial charge in [-0.05, 0) is 6.07 Å². The molecule has 2 heterocycles. The van der Waals surface area contributed by atoms with Crippen molar-refractivity contribution >= 4 is 17.7 Å². The second-order valence-electron chi connectivity index (χ2n) is 2.58. The van der Waals surface area contributed by atoms with Crippen LogP contribution in [0.1, 0.15) is 0 Å². The highest BCUT2D eigenvalue weighted by Gasteiger charge is 2.10. The zero-order chi connectivity index (χ0) is 10.7. The standard InChI is InChI=1S/C8H6N2O4S/c11-6(12)4-15-8-9-7(10-14-8)5-1-2-13-3-5/h1-3H,4H2,(H,11,12). The zero-order valence-electron chi connectivity index (χ0n) is 7.41. The Morgan fingerprint density at radius 2 is 2.47 bits per heavy atom. The van der Waals surface area contributed by atoms with Gasteiger partial charge in [0.05, 0.1) is 11.8 Å². The second kappa shape index (κ2) is 4.18. The third-order valence-electron chi connectivity index (χ3n) is 1.51. The third-order valence-corrected chi connectivity index (χ3v) is 2.31. The van der Waals surface area contributed by atoms with Crippen molar-refractivity contribution in [3.63, 3.8) is 0 Å².